The molecule has 1 fully saturated rings. The van der Waals surface area contributed by atoms with Gasteiger partial charge in [0.2, 0.25) is 5.91 Å². The molecule has 2 rings (SSSR count). The lowest BCUT2D eigenvalue weighted by atomic mass is 10.3. The van der Waals surface area contributed by atoms with Gasteiger partial charge < -0.3 is 20.9 Å². The van der Waals surface area contributed by atoms with Crippen LogP contribution in [0.25, 0.3) is 0 Å². The molecule has 20 heavy (non-hydrogen) atoms. The van der Waals surface area contributed by atoms with E-state index >= 15 is 0 Å². The summed E-state index contributed by atoms with van der Waals surface area (Å²) in [7, 11) is 0. The maximum atomic E-state index is 11.3. The zero-order valence-corrected chi connectivity index (χ0v) is 12.4. The number of aromatic nitrogens is 1. The average Bonchev–Trinajstić information content (AvgIpc) is 2.99. The Morgan fingerprint density at radius 2 is 2.25 bits per heavy atom. The van der Waals surface area contributed by atoms with Crippen molar-refractivity contribution in [2.75, 3.05) is 44.2 Å². The molecule has 0 spiro atoms. The second kappa shape index (κ2) is 7.09. The van der Waals surface area contributed by atoms with Crippen LogP contribution in [-0.2, 0) is 4.79 Å². The highest BCUT2D eigenvalue weighted by Crippen LogP contribution is 2.18. The maximum Gasteiger partial charge on any atom is 0.241 e. The van der Waals surface area contributed by atoms with E-state index in [1.165, 1.54) is 0 Å². The molecule has 1 amide bonds. The molecule has 1 aliphatic heterocycles. The van der Waals surface area contributed by atoms with Gasteiger partial charge in [-0.05, 0) is 6.92 Å². The molecule has 0 radical (unpaired) electrons. The van der Waals surface area contributed by atoms with Gasteiger partial charge in [-0.15, -0.1) is 11.3 Å². The first-order valence-electron chi connectivity index (χ1n) is 6.66. The van der Waals surface area contributed by atoms with Crippen molar-refractivity contribution in [3.63, 3.8) is 0 Å². The molecule has 8 heteroatoms. The standard InChI is InChI=1S/C12H20N6OS/c1-2-14-10(19)9-16-11(13)17-4-6-18(7-5-17)12-15-3-8-20-12/h3,8H,2,4-7,9H2,1H3,(H2,13,16)(H,14,19). The number of carbonyl (C=O) groups is 1. The van der Waals surface area contributed by atoms with Crippen LogP contribution >= 0.6 is 11.3 Å². The lowest BCUT2D eigenvalue weighted by Gasteiger charge is -2.35. The molecule has 0 atom stereocenters. The summed E-state index contributed by atoms with van der Waals surface area (Å²) in [5, 5.41) is 5.71. The van der Waals surface area contributed by atoms with Crippen molar-refractivity contribution < 1.29 is 4.79 Å². The number of hydrogen-bond donors (Lipinski definition) is 2. The number of rotatable bonds is 4. The maximum absolute atomic E-state index is 11.3. The van der Waals surface area contributed by atoms with Crippen molar-refractivity contribution in [1.29, 1.82) is 0 Å². The zero-order chi connectivity index (χ0) is 14.4. The zero-order valence-electron chi connectivity index (χ0n) is 11.6. The Morgan fingerprint density at radius 3 is 2.85 bits per heavy atom. The van der Waals surface area contributed by atoms with Gasteiger partial charge in [0.25, 0.3) is 0 Å². The quantitative estimate of drug-likeness (QED) is 0.589. The number of guanidine groups is 1. The van der Waals surface area contributed by atoms with Crippen LogP contribution in [0.1, 0.15) is 6.92 Å². The average molecular weight is 296 g/mol. The molecule has 3 N–H and O–H groups in total. The Hall–Kier alpha value is -1.83. The summed E-state index contributed by atoms with van der Waals surface area (Å²) < 4.78 is 0. The van der Waals surface area contributed by atoms with Crippen molar-refractivity contribution in [3.05, 3.63) is 11.6 Å². The molecule has 0 unspecified atom stereocenters. The fraction of sp³-hybridized carbons (Fsp3) is 0.583. The van der Waals surface area contributed by atoms with Crippen molar-refractivity contribution in [3.8, 4) is 0 Å². The Bertz CT molecular complexity index is 453. The molecule has 0 aromatic carbocycles. The van der Waals surface area contributed by atoms with Crippen molar-refractivity contribution in [1.82, 2.24) is 15.2 Å². The predicted octanol–water partition coefficient (Wildman–Crippen LogP) is -0.284. The summed E-state index contributed by atoms with van der Waals surface area (Å²) in [5.74, 6) is 0.340. The van der Waals surface area contributed by atoms with E-state index in [-0.39, 0.29) is 12.5 Å². The van der Waals surface area contributed by atoms with Crippen LogP contribution in [0, 0.1) is 0 Å². The van der Waals surface area contributed by atoms with Crippen LogP contribution in [0.4, 0.5) is 5.13 Å². The summed E-state index contributed by atoms with van der Waals surface area (Å²) in [4.78, 5) is 24.0. The van der Waals surface area contributed by atoms with Crippen LogP contribution in [0.2, 0.25) is 0 Å². The van der Waals surface area contributed by atoms with Crippen LogP contribution in [0.3, 0.4) is 0 Å². The third-order valence-corrected chi connectivity index (χ3v) is 3.88. The lowest BCUT2D eigenvalue weighted by Crippen LogP contribution is -2.51. The van der Waals surface area contributed by atoms with Gasteiger partial charge in [-0.2, -0.15) is 0 Å². The van der Waals surface area contributed by atoms with E-state index in [1.54, 1.807) is 11.3 Å². The second-order valence-corrected chi connectivity index (χ2v) is 5.29. The highest BCUT2D eigenvalue weighted by molar-refractivity contribution is 7.13. The third kappa shape index (κ3) is 3.83. The van der Waals surface area contributed by atoms with Crippen molar-refractivity contribution in [2.45, 2.75) is 6.92 Å². The van der Waals surface area contributed by atoms with E-state index < -0.39 is 0 Å². The van der Waals surface area contributed by atoms with E-state index in [2.05, 4.69) is 20.2 Å². The number of aliphatic imine (C=N–C) groups is 1. The number of nitrogens with zero attached hydrogens (tertiary/aromatic N) is 4. The first-order valence-corrected chi connectivity index (χ1v) is 7.54. The van der Waals surface area contributed by atoms with E-state index in [1.807, 2.05) is 23.4 Å². The predicted molar refractivity (Wildman–Crippen MR) is 81.1 cm³/mol. The van der Waals surface area contributed by atoms with Gasteiger partial charge in [-0.3, -0.25) is 4.79 Å². The molecule has 0 aliphatic carbocycles. The highest BCUT2D eigenvalue weighted by Gasteiger charge is 2.19. The number of hydrogen-bond acceptors (Lipinski definition) is 5. The molecule has 2 heterocycles. The number of piperazine rings is 1. The molecule has 1 aromatic rings. The number of likely N-dealkylation sites (N-methyl/N-ethyl adjacent to an activating group) is 1. The largest absolute Gasteiger partial charge is 0.370 e. The van der Waals surface area contributed by atoms with Gasteiger partial charge in [0.05, 0.1) is 0 Å². The van der Waals surface area contributed by atoms with E-state index in [0.717, 1.165) is 31.3 Å². The first-order chi connectivity index (χ1) is 9.70. The number of nitrogens with two attached hydrogens (primary N) is 1. The minimum atomic E-state index is -0.100. The second-order valence-electron chi connectivity index (χ2n) is 4.42. The van der Waals surface area contributed by atoms with E-state index in [0.29, 0.717) is 12.5 Å². The summed E-state index contributed by atoms with van der Waals surface area (Å²) in [6, 6.07) is 0. The van der Waals surface area contributed by atoms with Crippen molar-refractivity contribution in [2.24, 2.45) is 10.7 Å². The molecule has 1 saturated heterocycles. The molecule has 0 bridgehead atoms. The summed E-state index contributed by atoms with van der Waals surface area (Å²) in [6.07, 6.45) is 1.81. The number of carbonyl (C=O) groups excluding carboxylic acids is 1. The van der Waals surface area contributed by atoms with Gasteiger partial charge in [0.15, 0.2) is 11.1 Å². The molecule has 0 saturated carbocycles. The lowest BCUT2D eigenvalue weighted by molar-refractivity contribution is -0.119. The smallest absolute Gasteiger partial charge is 0.241 e. The fourth-order valence-electron chi connectivity index (χ4n) is 2.00. The summed E-state index contributed by atoms with van der Waals surface area (Å²) >= 11 is 1.64. The number of amides is 1. The van der Waals surface area contributed by atoms with Gasteiger partial charge >= 0.3 is 0 Å². The van der Waals surface area contributed by atoms with Gasteiger partial charge in [0, 0.05) is 44.3 Å². The number of nitrogens with one attached hydrogen (secondary N) is 1. The highest BCUT2D eigenvalue weighted by atomic mass is 32.1. The van der Waals surface area contributed by atoms with Crippen LogP contribution in [0.5, 0.6) is 0 Å². The van der Waals surface area contributed by atoms with Gasteiger partial charge in [0.1, 0.15) is 6.54 Å². The summed E-state index contributed by atoms with van der Waals surface area (Å²) in [6.45, 7) is 5.90. The monoisotopic (exact) mass is 296 g/mol. The number of thiazole rings is 1. The molecular formula is C12H20N6OS. The topological polar surface area (TPSA) is 86.8 Å². The van der Waals surface area contributed by atoms with Crippen LogP contribution in [-0.4, -0.2) is 61.0 Å². The summed E-state index contributed by atoms with van der Waals surface area (Å²) in [5.41, 5.74) is 5.92. The Morgan fingerprint density at radius 1 is 1.50 bits per heavy atom. The molecular weight excluding hydrogens is 276 g/mol. The van der Waals surface area contributed by atoms with Crippen molar-refractivity contribution >= 4 is 28.3 Å². The molecule has 1 aromatic heterocycles. The molecule has 110 valence electrons. The van der Waals surface area contributed by atoms with E-state index in [9.17, 15) is 4.79 Å². The third-order valence-electron chi connectivity index (χ3n) is 3.05. The van der Waals surface area contributed by atoms with Gasteiger partial charge in [-0.1, -0.05) is 0 Å². The minimum Gasteiger partial charge on any atom is -0.370 e. The minimum absolute atomic E-state index is 0.0897. The normalized spacial score (nSPS) is 16.4. The van der Waals surface area contributed by atoms with Crippen LogP contribution in [0.15, 0.2) is 16.6 Å². The fourth-order valence-corrected chi connectivity index (χ4v) is 2.70. The number of anilines is 1. The molecule has 7 nitrogen and oxygen atoms in total. The first kappa shape index (κ1) is 14.6. The van der Waals surface area contributed by atoms with Gasteiger partial charge in [-0.25, -0.2) is 9.98 Å². The SMILES string of the molecule is CCNC(=O)CN=C(N)N1CCN(c2nccs2)CC1. The Labute approximate surface area is 122 Å². The van der Waals surface area contributed by atoms with Crippen LogP contribution < -0.4 is 16.0 Å². The van der Waals surface area contributed by atoms with E-state index in [4.69, 9.17) is 5.73 Å². The Kier molecular flexibility index (Phi) is 5.16. The molecule has 1 aliphatic rings. The Balaban J connectivity index is 1.81.